The topological polar surface area (TPSA) is 12.4 Å². The molecule has 0 saturated carbocycles. The SMILES string of the molecule is Clc1cc(Cl)cc(SC=CC(=Nc2ccccc2)c2ccccc2)c1. The lowest BCUT2D eigenvalue weighted by atomic mass is 10.1. The Balaban J connectivity index is 1.86. The summed E-state index contributed by atoms with van der Waals surface area (Å²) < 4.78 is 0. The number of thioether (sulfide) groups is 1. The van der Waals surface area contributed by atoms with Crippen molar-refractivity contribution in [2.45, 2.75) is 4.90 Å². The average molecular weight is 384 g/mol. The fourth-order valence-corrected chi connectivity index (χ4v) is 3.62. The minimum absolute atomic E-state index is 0.629. The zero-order valence-electron chi connectivity index (χ0n) is 13.3. The van der Waals surface area contributed by atoms with Crippen molar-refractivity contribution in [3.8, 4) is 0 Å². The van der Waals surface area contributed by atoms with Gasteiger partial charge in [-0.2, -0.15) is 0 Å². The third kappa shape index (κ3) is 5.50. The highest BCUT2D eigenvalue weighted by atomic mass is 35.5. The molecule has 0 bridgehead atoms. The average Bonchev–Trinajstić information content (AvgIpc) is 2.62. The van der Waals surface area contributed by atoms with Crippen LogP contribution in [0.4, 0.5) is 5.69 Å². The highest BCUT2D eigenvalue weighted by molar-refractivity contribution is 8.02. The molecular formula is C21H15Cl2NS. The van der Waals surface area contributed by atoms with Gasteiger partial charge in [0.25, 0.3) is 0 Å². The van der Waals surface area contributed by atoms with Gasteiger partial charge in [0.05, 0.1) is 11.4 Å². The maximum absolute atomic E-state index is 6.05. The second kappa shape index (κ2) is 8.91. The molecule has 0 aliphatic rings. The zero-order chi connectivity index (χ0) is 17.5. The van der Waals surface area contributed by atoms with E-state index in [1.165, 1.54) is 0 Å². The Kier molecular flexibility index (Phi) is 6.35. The van der Waals surface area contributed by atoms with Crippen LogP contribution in [0.15, 0.2) is 100 Å². The van der Waals surface area contributed by atoms with Gasteiger partial charge in [-0.15, -0.1) is 0 Å². The summed E-state index contributed by atoms with van der Waals surface area (Å²) >= 11 is 13.7. The molecule has 3 rings (SSSR count). The monoisotopic (exact) mass is 383 g/mol. The summed E-state index contributed by atoms with van der Waals surface area (Å²) in [6.45, 7) is 0. The van der Waals surface area contributed by atoms with E-state index in [4.69, 9.17) is 28.2 Å². The fourth-order valence-electron chi connectivity index (χ4n) is 2.22. The molecule has 0 heterocycles. The number of hydrogen-bond donors (Lipinski definition) is 0. The molecule has 0 spiro atoms. The number of nitrogens with zero attached hydrogens (tertiary/aromatic N) is 1. The second-order valence-corrected chi connectivity index (χ2v) is 7.08. The van der Waals surface area contributed by atoms with Crippen LogP contribution in [-0.4, -0.2) is 5.71 Å². The highest BCUT2D eigenvalue weighted by Gasteiger charge is 2.01. The van der Waals surface area contributed by atoms with E-state index in [-0.39, 0.29) is 0 Å². The molecule has 3 aromatic rings. The van der Waals surface area contributed by atoms with Gasteiger partial charge in [0.2, 0.25) is 0 Å². The maximum Gasteiger partial charge on any atom is 0.0714 e. The standard InChI is InChI=1S/C21H15Cl2NS/c22-17-13-18(23)15-20(14-17)25-12-11-21(16-7-3-1-4-8-16)24-19-9-5-2-6-10-19/h1-15H. The van der Waals surface area contributed by atoms with E-state index in [0.29, 0.717) is 10.0 Å². The Morgan fingerprint density at radius 1 is 0.800 bits per heavy atom. The summed E-state index contributed by atoms with van der Waals surface area (Å²) in [7, 11) is 0. The first-order chi connectivity index (χ1) is 12.2. The molecule has 0 saturated heterocycles. The lowest BCUT2D eigenvalue weighted by Gasteiger charge is -2.03. The number of halogens is 2. The lowest BCUT2D eigenvalue weighted by Crippen LogP contribution is -1.95. The molecule has 0 aromatic heterocycles. The van der Waals surface area contributed by atoms with Gasteiger partial charge in [-0.05, 0) is 41.8 Å². The third-order valence-corrected chi connectivity index (χ3v) is 4.56. The second-order valence-electron chi connectivity index (χ2n) is 5.22. The van der Waals surface area contributed by atoms with E-state index in [2.05, 4.69) is 0 Å². The number of allylic oxidation sites excluding steroid dienone is 1. The van der Waals surface area contributed by atoms with Gasteiger partial charge in [-0.1, -0.05) is 83.5 Å². The van der Waals surface area contributed by atoms with Crippen LogP contribution in [0.25, 0.3) is 0 Å². The van der Waals surface area contributed by atoms with Crippen LogP contribution in [0, 0.1) is 0 Å². The van der Waals surface area contributed by atoms with Crippen LogP contribution >= 0.6 is 35.0 Å². The van der Waals surface area contributed by atoms with Crippen molar-refractivity contribution in [2.75, 3.05) is 0 Å². The summed E-state index contributed by atoms with van der Waals surface area (Å²) in [5.74, 6) is 0. The zero-order valence-corrected chi connectivity index (χ0v) is 15.6. The van der Waals surface area contributed by atoms with E-state index in [9.17, 15) is 0 Å². The molecule has 0 aliphatic carbocycles. The summed E-state index contributed by atoms with van der Waals surface area (Å²) in [5, 5.41) is 3.26. The van der Waals surface area contributed by atoms with Crippen LogP contribution in [-0.2, 0) is 0 Å². The quantitative estimate of drug-likeness (QED) is 0.329. The Morgan fingerprint density at radius 2 is 1.40 bits per heavy atom. The van der Waals surface area contributed by atoms with E-state index in [1.54, 1.807) is 17.8 Å². The molecule has 1 nitrogen and oxygen atoms in total. The van der Waals surface area contributed by atoms with Crippen LogP contribution in [0.2, 0.25) is 10.0 Å². The van der Waals surface area contributed by atoms with Crippen molar-refractivity contribution in [2.24, 2.45) is 4.99 Å². The molecule has 0 unspecified atom stereocenters. The molecule has 0 amide bonds. The predicted octanol–water partition coefficient (Wildman–Crippen LogP) is 7.42. The smallest absolute Gasteiger partial charge is 0.0714 e. The van der Waals surface area contributed by atoms with Gasteiger partial charge in [0.15, 0.2) is 0 Å². The summed E-state index contributed by atoms with van der Waals surface area (Å²) in [4.78, 5) is 5.75. The number of aliphatic imine (C=N–C) groups is 1. The first-order valence-electron chi connectivity index (χ1n) is 7.69. The normalized spacial score (nSPS) is 11.8. The summed E-state index contributed by atoms with van der Waals surface area (Å²) in [5.41, 5.74) is 2.88. The molecular weight excluding hydrogens is 369 g/mol. The highest BCUT2D eigenvalue weighted by Crippen LogP contribution is 2.27. The maximum atomic E-state index is 6.05. The van der Waals surface area contributed by atoms with Crippen molar-refractivity contribution >= 4 is 46.4 Å². The molecule has 0 aliphatic heterocycles. The van der Waals surface area contributed by atoms with E-state index in [0.717, 1.165) is 21.9 Å². The van der Waals surface area contributed by atoms with Crippen molar-refractivity contribution < 1.29 is 0 Å². The van der Waals surface area contributed by atoms with Gasteiger partial charge < -0.3 is 0 Å². The first kappa shape index (κ1) is 17.8. The minimum Gasteiger partial charge on any atom is -0.248 e. The van der Waals surface area contributed by atoms with Crippen molar-refractivity contribution in [1.82, 2.24) is 0 Å². The fraction of sp³-hybridized carbons (Fsp3) is 0. The number of para-hydroxylation sites is 1. The van der Waals surface area contributed by atoms with Crippen molar-refractivity contribution in [3.63, 3.8) is 0 Å². The lowest BCUT2D eigenvalue weighted by molar-refractivity contribution is 1.47. The molecule has 3 aromatic carbocycles. The molecule has 0 radical (unpaired) electrons. The first-order valence-corrected chi connectivity index (χ1v) is 9.33. The summed E-state index contributed by atoms with van der Waals surface area (Å²) in [6, 6.07) is 25.5. The van der Waals surface area contributed by atoms with Gasteiger partial charge in [-0.3, -0.25) is 0 Å². The Labute approximate surface area is 162 Å². The molecule has 25 heavy (non-hydrogen) atoms. The molecule has 0 atom stereocenters. The van der Waals surface area contributed by atoms with Crippen molar-refractivity contribution in [1.29, 1.82) is 0 Å². The number of hydrogen-bond acceptors (Lipinski definition) is 2. The largest absolute Gasteiger partial charge is 0.248 e. The van der Waals surface area contributed by atoms with Gasteiger partial charge >= 0.3 is 0 Å². The van der Waals surface area contributed by atoms with Gasteiger partial charge in [0.1, 0.15) is 0 Å². The Bertz CT molecular complexity index is 870. The van der Waals surface area contributed by atoms with Gasteiger partial charge in [0, 0.05) is 20.5 Å². The van der Waals surface area contributed by atoms with Crippen LogP contribution in [0.3, 0.4) is 0 Å². The predicted molar refractivity (Wildman–Crippen MR) is 111 cm³/mol. The minimum atomic E-state index is 0.629. The van der Waals surface area contributed by atoms with E-state index < -0.39 is 0 Å². The Morgan fingerprint density at radius 3 is 2.04 bits per heavy atom. The van der Waals surface area contributed by atoms with E-state index in [1.807, 2.05) is 84.3 Å². The molecule has 0 N–H and O–H groups in total. The summed E-state index contributed by atoms with van der Waals surface area (Å²) in [6.07, 6.45) is 2.00. The van der Waals surface area contributed by atoms with Crippen LogP contribution in [0.1, 0.15) is 5.56 Å². The van der Waals surface area contributed by atoms with Crippen LogP contribution in [0.5, 0.6) is 0 Å². The molecule has 0 fully saturated rings. The number of benzene rings is 3. The number of rotatable bonds is 5. The van der Waals surface area contributed by atoms with Crippen LogP contribution < -0.4 is 0 Å². The van der Waals surface area contributed by atoms with E-state index >= 15 is 0 Å². The third-order valence-electron chi connectivity index (χ3n) is 3.34. The molecule has 124 valence electrons. The van der Waals surface area contributed by atoms with Gasteiger partial charge in [-0.25, -0.2) is 4.99 Å². The molecule has 4 heteroatoms. The van der Waals surface area contributed by atoms with Crippen molar-refractivity contribution in [3.05, 3.63) is 106 Å². The Hall–Kier alpha value is -2.00.